The van der Waals surface area contributed by atoms with Gasteiger partial charge in [0, 0.05) is 30.3 Å². The van der Waals surface area contributed by atoms with E-state index in [9.17, 15) is 14.4 Å². The van der Waals surface area contributed by atoms with Gasteiger partial charge in [-0.25, -0.2) is 0 Å². The Hall–Kier alpha value is -2.20. The monoisotopic (exact) mass is 386 g/mol. The minimum absolute atomic E-state index is 0.0526. The van der Waals surface area contributed by atoms with Crippen LogP contribution in [0.15, 0.2) is 5.11 Å². The van der Waals surface area contributed by atoms with E-state index in [1.54, 1.807) is 13.8 Å². The van der Waals surface area contributed by atoms with E-state index in [1.807, 2.05) is 0 Å². The lowest BCUT2D eigenvalue weighted by molar-refractivity contribution is -0.127. The molecule has 0 heterocycles. The molecule has 0 radical (unpaired) electrons. The predicted molar refractivity (Wildman–Crippen MR) is 98.7 cm³/mol. The molecule has 0 fully saturated rings. The standard InChI is InChI=1S/C16H30N6O5/c1-12(2)14(23)11-20-16(25)13(17)3-4-15(24)19-5-7-26-9-10-27-8-6-21-22-18/h12-13H,3-11,17H2,1-2H3,(H,19,24)(H,20,25)/t13-/m0/s1. The summed E-state index contributed by atoms with van der Waals surface area (Å²) in [5, 5.41) is 8.46. The van der Waals surface area contributed by atoms with Gasteiger partial charge in [-0.1, -0.05) is 19.0 Å². The number of nitrogens with two attached hydrogens (primary N) is 1. The quantitative estimate of drug-likeness (QED) is 0.145. The minimum atomic E-state index is -0.838. The Morgan fingerprint density at radius 1 is 1.11 bits per heavy atom. The summed E-state index contributed by atoms with van der Waals surface area (Å²) in [4.78, 5) is 37.5. The molecule has 0 aliphatic carbocycles. The van der Waals surface area contributed by atoms with E-state index in [1.165, 1.54) is 0 Å². The van der Waals surface area contributed by atoms with Gasteiger partial charge in [-0.15, -0.1) is 0 Å². The van der Waals surface area contributed by atoms with Gasteiger partial charge in [0.05, 0.1) is 39.0 Å². The zero-order valence-electron chi connectivity index (χ0n) is 16.0. The molecular weight excluding hydrogens is 356 g/mol. The number of carbonyl (C=O) groups is 3. The minimum Gasteiger partial charge on any atom is -0.379 e. The smallest absolute Gasteiger partial charge is 0.237 e. The van der Waals surface area contributed by atoms with Crippen LogP contribution in [-0.4, -0.2) is 69.7 Å². The average Bonchev–Trinajstić information content (AvgIpc) is 2.65. The Morgan fingerprint density at radius 2 is 1.78 bits per heavy atom. The van der Waals surface area contributed by atoms with Crippen molar-refractivity contribution < 1.29 is 23.9 Å². The van der Waals surface area contributed by atoms with E-state index in [0.717, 1.165) is 0 Å². The number of Topliss-reactive ketones (excluding diaryl/α,β-unsaturated/α-hetero) is 1. The van der Waals surface area contributed by atoms with Gasteiger partial charge in [-0.05, 0) is 12.0 Å². The lowest BCUT2D eigenvalue weighted by Crippen LogP contribution is -2.43. The number of ether oxygens (including phenoxy) is 2. The average molecular weight is 386 g/mol. The summed E-state index contributed by atoms with van der Waals surface area (Å²) in [5.74, 6) is -0.903. The molecule has 27 heavy (non-hydrogen) atoms. The van der Waals surface area contributed by atoms with Gasteiger partial charge in [0.15, 0.2) is 5.78 Å². The van der Waals surface area contributed by atoms with Gasteiger partial charge < -0.3 is 25.8 Å². The van der Waals surface area contributed by atoms with Gasteiger partial charge in [0.25, 0.3) is 0 Å². The van der Waals surface area contributed by atoms with Crippen LogP contribution in [0.25, 0.3) is 10.4 Å². The fourth-order valence-corrected chi connectivity index (χ4v) is 1.75. The molecule has 0 saturated carbocycles. The first kappa shape index (κ1) is 24.8. The molecule has 0 aliphatic heterocycles. The summed E-state index contributed by atoms with van der Waals surface area (Å²) in [6.45, 7) is 5.47. The van der Waals surface area contributed by atoms with E-state index in [0.29, 0.717) is 33.0 Å². The summed E-state index contributed by atoms with van der Waals surface area (Å²) >= 11 is 0. The molecule has 0 aliphatic rings. The largest absolute Gasteiger partial charge is 0.379 e. The van der Waals surface area contributed by atoms with Crippen molar-refractivity contribution in [1.29, 1.82) is 0 Å². The fraction of sp³-hybridized carbons (Fsp3) is 0.812. The number of azide groups is 1. The van der Waals surface area contributed by atoms with Crippen molar-refractivity contribution >= 4 is 17.6 Å². The highest BCUT2D eigenvalue weighted by Crippen LogP contribution is 1.96. The predicted octanol–water partition coefficient (Wildman–Crippen LogP) is -0.105. The molecule has 0 aromatic carbocycles. The first-order valence-electron chi connectivity index (χ1n) is 8.87. The van der Waals surface area contributed by atoms with Crippen LogP contribution in [0.4, 0.5) is 0 Å². The topological polar surface area (TPSA) is 169 Å². The molecule has 0 unspecified atom stereocenters. The number of carbonyl (C=O) groups excluding carboxylic acids is 3. The van der Waals surface area contributed by atoms with Crippen molar-refractivity contribution in [2.45, 2.75) is 32.7 Å². The highest BCUT2D eigenvalue weighted by molar-refractivity contribution is 5.89. The molecule has 0 rings (SSSR count). The molecular formula is C16H30N6O5. The summed E-state index contributed by atoms with van der Waals surface area (Å²) in [6, 6.07) is -0.838. The molecule has 11 heteroatoms. The Kier molecular flexibility index (Phi) is 14.7. The second-order valence-corrected chi connectivity index (χ2v) is 6.01. The highest BCUT2D eigenvalue weighted by atomic mass is 16.5. The van der Waals surface area contributed by atoms with E-state index in [-0.39, 0.29) is 43.5 Å². The molecule has 2 amide bonds. The summed E-state index contributed by atoms with van der Waals surface area (Å²) in [6.07, 6.45) is 0.294. The van der Waals surface area contributed by atoms with Gasteiger partial charge in [-0.2, -0.15) is 0 Å². The first-order valence-corrected chi connectivity index (χ1v) is 8.87. The molecule has 0 bridgehead atoms. The molecule has 0 aromatic rings. The van der Waals surface area contributed by atoms with Crippen molar-refractivity contribution in [3.63, 3.8) is 0 Å². The van der Waals surface area contributed by atoms with Crippen molar-refractivity contribution in [3.05, 3.63) is 10.4 Å². The van der Waals surface area contributed by atoms with Crippen LogP contribution in [0.5, 0.6) is 0 Å². The number of nitrogens with one attached hydrogen (secondary N) is 2. The molecule has 0 spiro atoms. The molecule has 1 atom stereocenters. The van der Waals surface area contributed by atoms with Crippen LogP contribution in [0.3, 0.4) is 0 Å². The molecule has 4 N–H and O–H groups in total. The normalized spacial score (nSPS) is 11.6. The highest BCUT2D eigenvalue weighted by Gasteiger charge is 2.16. The summed E-state index contributed by atoms with van der Waals surface area (Å²) in [7, 11) is 0. The third-order valence-electron chi connectivity index (χ3n) is 3.44. The van der Waals surface area contributed by atoms with Crippen LogP contribution < -0.4 is 16.4 Å². The molecule has 0 aromatic heterocycles. The van der Waals surface area contributed by atoms with Crippen molar-refractivity contribution in [2.75, 3.05) is 46.1 Å². The second kappa shape index (κ2) is 16.0. The fourth-order valence-electron chi connectivity index (χ4n) is 1.75. The van der Waals surface area contributed by atoms with E-state index < -0.39 is 11.9 Å². The van der Waals surface area contributed by atoms with Gasteiger partial charge >= 0.3 is 0 Å². The van der Waals surface area contributed by atoms with Crippen LogP contribution in [0.1, 0.15) is 26.7 Å². The van der Waals surface area contributed by atoms with Gasteiger partial charge in [-0.3, -0.25) is 14.4 Å². The maximum atomic E-state index is 11.8. The van der Waals surface area contributed by atoms with Gasteiger partial charge in [0.2, 0.25) is 11.8 Å². The first-order chi connectivity index (χ1) is 12.9. The number of rotatable bonds is 16. The second-order valence-electron chi connectivity index (χ2n) is 6.01. The summed E-state index contributed by atoms with van der Waals surface area (Å²) in [5.41, 5.74) is 13.8. The number of hydrogen-bond acceptors (Lipinski definition) is 7. The van der Waals surface area contributed by atoms with Crippen molar-refractivity contribution in [1.82, 2.24) is 10.6 Å². The van der Waals surface area contributed by atoms with Crippen LogP contribution in [0.2, 0.25) is 0 Å². The van der Waals surface area contributed by atoms with Crippen LogP contribution in [-0.2, 0) is 23.9 Å². The zero-order valence-corrected chi connectivity index (χ0v) is 16.0. The summed E-state index contributed by atoms with van der Waals surface area (Å²) < 4.78 is 10.4. The van der Waals surface area contributed by atoms with Crippen LogP contribution in [0, 0.1) is 5.92 Å². The number of ketones is 1. The Balaban J connectivity index is 3.63. The molecule has 0 saturated heterocycles. The maximum Gasteiger partial charge on any atom is 0.237 e. The van der Waals surface area contributed by atoms with E-state index in [2.05, 4.69) is 20.7 Å². The zero-order chi connectivity index (χ0) is 20.5. The molecule has 154 valence electrons. The van der Waals surface area contributed by atoms with E-state index in [4.69, 9.17) is 20.7 Å². The third-order valence-corrected chi connectivity index (χ3v) is 3.44. The van der Waals surface area contributed by atoms with Gasteiger partial charge in [0.1, 0.15) is 0 Å². The lowest BCUT2D eigenvalue weighted by atomic mass is 10.1. The number of hydrogen-bond donors (Lipinski definition) is 3. The third kappa shape index (κ3) is 14.6. The van der Waals surface area contributed by atoms with Crippen molar-refractivity contribution in [3.8, 4) is 0 Å². The van der Waals surface area contributed by atoms with Crippen molar-refractivity contribution in [2.24, 2.45) is 16.8 Å². The van der Waals surface area contributed by atoms with Crippen LogP contribution >= 0.6 is 0 Å². The van der Waals surface area contributed by atoms with E-state index >= 15 is 0 Å². The Bertz CT molecular complexity index is 508. The Morgan fingerprint density at radius 3 is 2.41 bits per heavy atom. The number of nitrogens with zero attached hydrogens (tertiary/aromatic N) is 3. The molecule has 11 nitrogen and oxygen atoms in total. The number of amides is 2. The Labute approximate surface area is 158 Å². The SMILES string of the molecule is CC(C)C(=O)CNC(=O)[C@@H](N)CCC(=O)NCCOCCOCCN=[N+]=[N-]. The lowest BCUT2D eigenvalue weighted by Gasteiger charge is -2.12. The maximum absolute atomic E-state index is 11.8.